The van der Waals surface area contributed by atoms with E-state index in [-0.39, 0.29) is 47.0 Å². The van der Waals surface area contributed by atoms with Crippen LogP contribution in [0.2, 0.25) is 0 Å². The quantitative estimate of drug-likeness (QED) is 0.257. The fourth-order valence-electron chi connectivity index (χ4n) is 8.69. The zero-order valence-electron chi connectivity index (χ0n) is 25.8. The van der Waals surface area contributed by atoms with Gasteiger partial charge in [0.1, 0.15) is 41.5 Å². The van der Waals surface area contributed by atoms with E-state index in [0.717, 1.165) is 32.2 Å². The first kappa shape index (κ1) is 29.3. The number of phenolic OH excluding ortho intramolecular Hbond substituents is 1. The number of hydrogen-bond acceptors (Lipinski definition) is 7. The lowest BCUT2D eigenvalue weighted by Crippen LogP contribution is -2.51. The van der Waals surface area contributed by atoms with E-state index in [4.69, 9.17) is 4.74 Å². The predicted octanol–water partition coefficient (Wildman–Crippen LogP) is 6.37. The number of aryl methyl sites for hydroxylation is 1. The van der Waals surface area contributed by atoms with Gasteiger partial charge in [-0.25, -0.2) is 18.2 Å². The standard InChI is InChI=1S/C36H36F3N5O2/c1-2-25-30(38)9-4-20-12-24(45)13-28(31(20)25)26-7-8-27-33(32(26)39)42-35(46-19-36-10-3-11-44(36)16-21(37)14-36)29(15-40)34(27)43-17-22-5-6-23(18-43)41-22/h4,7-9,12-13,21-23,41,45H,2-3,5-6,10-11,14,16-19H2,1H3/t21-,22-,23+,36+/m1/s1. The topological polar surface area (TPSA) is 84.6 Å². The van der Waals surface area contributed by atoms with Gasteiger partial charge in [-0.3, -0.25) is 4.90 Å². The fourth-order valence-corrected chi connectivity index (χ4v) is 8.69. The van der Waals surface area contributed by atoms with Crippen molar-refractivity contribution in [1.29, 1.82) is 5.26 Å². The molecule has 4 aromatic rings. The summed E-state index contributed by atoms with van der Waals surface area (Å²) in [4.78, 5) is 8.97. The number of nitriles is 1. The molecule has 1 aromatic heterocycles. The monoisotopic (exact) mass is 627 g/mol. The third-order valence-electron chi connectivity index (χ3n) is 10.7. The molecule has 5 heterocycles. The van der Waals surface area contributed by atoms with Crippen molar-refractivity contribution in [3.63, 3.8) is 0 Å². The largest absolute Gasteiger partial charge is 0.508 e. The van der Waals surface area contributed by atoms with Gasteiger partial charge in [0.2, 0.25) is 5.88 Å². The highest BCUT2D eigenvalue weighted by Gasteiger charge is 2.49. The summed E-state index contributed by atoms with van der Waals surface area (Å²) in [6, 6.07) is 12.2. The van der Waals surface area contributed by atoms with Crippen molar-refractivity contribution in [3.05, 3.63) is 59.2 Å². The molecule has 2 bridgehead atoms. The van der Waals surface area contributed by atoms with Gasteiger partial charge in [-0.1, -0.05) is 19.1 Å². The minimum absolute atomic E-state index is 0.0360. The average molecular weight is 628 g/mol. The normalized spacial score (nSPS) is 25.8. The van der Waals surface area contributed by atoms with E-state index in [1.165, 1.54) is 12.1 Å². The second-order valence-corrected chi connectivity index (χ2v) is 13.5. The Morgan fingerprint density at radius 3 is 2.67 bits per heavy atom. The Hall–Kier alpha value is -4.07. The van der Waals surface area contributed by atoms with Crippen molar-refractivity contribution in [2.45, 2.75) is 69.2 Å². The maximum Gasteiger partial charge on any atom is 0.234 e. The first-order valence-electron chi connectivity index (χ1n) is 16.3. The minimum Gasteiger partial charge on any atom is -0.508 e. The lowest BCUT2D eigenvalue weighted by molar-refractivity contribution is 0.110. The molecular weight excluding hydrogens is 591 g/mol. The van der Waals surface area contributed by atoms with E-state index in [0.29, 0.717) is 65.4 Å². The Bertz CT molecular complexity index is 1920. The van der Waals surface area contributed by atoms with Crippen molar-refractivity contribution >= 4 is 27.4 Å². The van der Waals surface area contributed by atoms with Gasteiger partial charge < -0.3 is 20.1 Å². The Kier molecular flexibility index (Phi) is 7.03. The summed E-state index contributed by atoms with van der Waals surface area (Å²) in [5, 5.41) is 26.4. The van der Waals surface area contributed by atoms with Crippen LogP contribution in [0.15, 0.2) is 36.4 Å². The van der Waals surface area contributed by atoms with Crippen LogP contribution in [0.25, 0.3) is 32.8 Å². The van der Waals surface area contributed by atoms with Crippen LogP contribution in [0.4, 0.5) is 18.9 Å². The molecule has 7 nitrogen and oxygen atoms in total. The van der Waals surface area contributed by atoms with E-state index < -0.39 is 23.3 Å². The first-order chi connectivity index (χ1) is 22.3. The predicted molar refractivity (Wildman–Crippen MR) is 171 cm³/mol. The number of phenols is 1. The fraction of sp³-hybridized carbons (Fsp3) is 0.444. The molecule has 4 aliphatic rings. The highest BCUT2D eigenvalue weighted by Crippen LogP contribution is 2.45. The van der Waals surface area contributed by atoms with Gasteiger partial charge in [-0.15, -0.1) is 0 Å². The molecule has 2 N–H and O–H groups in total. The maximum atomic E-state index is 17.0. The molecule has 10 heteroatoms. The molecule has 4 fully saturated rings. The lowest BCUT2D eigenvalue weighted by atomic mass is 9.91. The van der Waals surface area contributed by atoms with E-state index in [1.807, 2.05) is 6.92 Å². The number of fused-ring (bicyclic) bond motifs is 5. The molecule has 0 amide bonds. The first-order valence-corrected chi connectivity index (χ1v) is 16.3. The molecule has 0 saturated carbocycles. The number of benzene rings is 3. The van der Waals surface area contributed by atoms with Gasteiger partial charge in [0.05, 0.1) is 11.2 Å². The summed E-state index contributed by atoms with van der Waals surface area (Å²) in [5.41, 5.74) is 1.36. The van der Waals surface area contributed by atoms with Gasteiger partial charge in [-0.05, 0) is 84.8 Å². The molecule has 3 aromatic carbocycles. The summed E-state index contributed by atoms with van der Waals surface area (Å²) in [5.74, 6) is -1.06. The second kappa shape index (κ2) is 11.0. The minimum atomic E-state index is -0.939. The number of rotatable bonds is 6. The van der Waals surface area contributed by atoms with Gasteiger partial charge >= 0.3 is 0 Å². The Morgan fingerprint density at radius 1 is 1.11 bits per heavy atom. The van der Waals surface area contributed by atoms with E-state index in [2.05, 4.69) is 26.2 Å². The number of halogens is 3. The van der Waals surface area contributed by atoms with Crippen molar-refractivity contribution in [1.82, 2.24) is 15.2 Å². The van der Waals surface area contributed by atoms with Gasteiger partial charge in [-0.2, -0.15) is 5.26 Å². The molecule has 0 radical (unpaired) electrons. The molecule has 0 spiro atoms. The Balaban J connectivity index is 1.32. The molecule has 4 saturated heterocycles. The van der Waals surface area contributed by atoms with Crippen molar-refractivity contribution < 1.29 is 23.0 Å². The van der Waals surface area contributed by atoms with E-state index in [9.17, 15) is 14.8 Å². The van der Waals surface area contributed by atoms with Crippen molar-refractivity contribution in [2.24, 2.45) is 0 Å². The van der Waals surface area contributed by atoms with E-state index >= 15 is 8.78 Å². The lowest BCUT2D eigenvalue weighted by Gasteiger charge is -2.36. The molecule has 4 aliphatic heterocycles. The van der Waals surface area contributed by atoms with Gasteiger partial charge in [0.15, 0.2) is 5.82 Å². The third-order valence-corrected chi connectivity index (χ3v) is 10.7. The van der Waals surface area contributed by atoms with E-state index in [1.54, 1.807) is 24.3 Å². The summed E-state index contributed by atoms with van der Waals surface area (Å²) in [6.07, 6.45) is 3.58. The summed E-state index contributed by atoms with van der Waals surface area (Å²) in [7, 11) is 0. The number of nitrogens with one attached hydrogen (secondary N) is 1. The molecule has 8 rings (SSSR count). The Morgan fingerprint density at radius 2 is 1.91 bits per heavy atom. The number of piperazine rings is 1. The molecule has 0 aliphatic carbocycles. The van der Waals surface area contributed by atoms with Crippen LogP contribution in [0.3, 0.4) is 0 Å². The van der Waals surface area contributed by atoms with Crippen LogP contribution in [-0.4, -0.2) is 71.6 Å². The molecule has 0 unspecified atom stereocenters. The molecular formula is C36H36F3N5O2. The zero-order chi connectivity index (χ0) is 31.7. The maximum absolute atomic E-state index is 17.0. The SMILES string of the molecule is CCc1c(F)ccc2cc(O)cc(-c3ccc4c(N5C[C@H]6CC[C@@H](C5)N6)c(C#N)c(OC[C@@]56CCCN5C[C@H](F)C6)nc4c3F)c12. The number of pyridine rings is 1. The van der Waals surface area contributed by atoms with Crippen molar-refractivity contribution in [2.75, 3.05) is 37.7 Å². The van der Waals surface area contributed by atoms with Crippen molar-refractivity contribution in [3.8, 4) is 28.8 Å². The highest BCUT2D eigenvalue weighted by molar-refractivity contribution is 6.04. The third kappa shape index (κ3) is 4.58. The van der Waals surface area contributed by atoms with Crippen LogP contribution in [0, 0.1) is 23.0 Å². The number of hydrogen-bond donors (Lipinski definition) is 2. The van der Waals surface area contributed by atoms with Crippen LogP contribution < -0.4 is 15.0 Å². The van der Waals surface area contributed by atoms with Crippen LogP contribution >= 0.6 is 0 Å². The zero-order valence-corrected chi connectivity index (χ0v) is 25.8. The second-order valence-electron chi connectivity index (χ2n) is 13.5. The smallest absolute Gasteiger partial charge is 0.234 e. The van der Waals surface area contributed by atoms with Crippen LogP contribution in [0.5, 0.6) is 11.6 Å². The number of ether oxygens (including phenoxy) is 1. The van der Waals surface area contributed by atoms with Gasteiger partial charge in [0, 0.05) is 49.1 Å². The Labute approximate surface area is 265 Å². The number of anilines is 1. The van der Waals surface area contributed by atoms with Crippen LogP contribution in [0.1, 0.15) is 50.2 Å². The number of nitrogens with zero attached hydrogens (tertiary/aromatic N) is 4. The average Bonchev–Trinajstić information content (AvgIpc) is 3.69. The number of aromatic hydroxyl groups is 1. The molecule has 46 heavy (non-hydrogen) atoms. The molecule has 4 atom stereocenters. The summed E-state index contributed by atoms with van der Waals surface area (Å²) in [6.45, 7) is 4.47. The molecule has 238 valence electrons. The number of aromatic nitrogens is 1. The summed E-state index contributed by atoms with van der Waals surface area (Å²) >= 11 is 0. The van der Waals surface area contributed by atoms with Crippen LogP contribution in [-0.2, 0) is 6.42 Å². The van der Waals surface area contributed by atoms with Gasteiger partial charge in [0.25, 0.3) is 0 Å². The highest BCUT2D eigenvalue weighted by atomic mass is 19.1. The summed E-state index contributed by atoms with van der Waals surface area (Å²) < 4.78 is 53.0. The number of alkyl halides is 1.